The molecule has 1 N–H and O–H groups in total. The summed E-state index contributed by atoms with van der Waals surface area (Å²) in [4.78, 5) is 11.9. The fourth-order valence-electron chi connectivity index (χ4n) is 2.07. The summed E-state index contributed by atoms with van der Waals surface area (Å²) < 4.78 is 31.6. The first kappa shape index (κ1) is 18.6. The number of carbonyl (C=O) groups is 1. The van der Waals surface area contributed by atoms with Gasteiger partial charge in [0.05, 0.1) is 22.9 Å². The second-order valence-corrected chi connectivity index (χ2v) is 7.16. The Labute approximate surface area is 147 Å². The van der Waals surface area contributed by atoms with Gasteiger partial charge in [0.25, 0.3) is 0 Å². The highest BCUT2D eigenvalue weighted by molar-refractivity contribution is 7.89. The van der Waals surface area contributed by atoms with Gasteiger partial charge in [-0.2, -0.15) is 5.26 Å². The third kappa shape index (κ3) is 5.41. The molecule has 0 radical (unpaired) electrons. The van der Waals surface area contributed by atoms with Gasteiger partial charge in [0.15, 0.2) is 0 Å². The van der Waals surface area contributed by atoms with Crippen molar-refractivity contribution in [3.05, 3.63) is 65.2 Å². The topological polar surface area (TPSA) is 96.3 Å². The molecule has 0 bridgehead atoms. The van der Waals surface area contributed by atoms with Crippen LogP contribution in [0.5, 0.6) is 0 Å². The van der Waals surface area contributed by atoms with Crippen molar-refractivity contribution in [3.8, 4) is 6.07 Å². The minimum absolute atomic E-state index is 0.0206. The van der Waals surface area contributed by atoms with Crippen molar-refractivity contribution >= 4 is 16.0 Å². The lowest BCUT2D eigenvalue weighted by Gasteiger charge is -2.08. The van der Waals surface area contributed by atoms with Gasteiger partial charge in [-0.15, -0.1) is 0 Å². The Balaban J connectivity index is 1.82. The van der Waals surface area contributed by atoms with E-state index in [1.54, 1.807) is 36.4 Å². The van der Waals surface area contributed by atoms with Crippen molar-refractivity contribution in [1.29, 1.82) is 5.26 Å². The molecule has 6 nitrogen and oxygen atoms in total. The number of hydrogen-bond acceptors (Lipinski definition) is 5. The Morgan fingerprint density at radius 3 is 2.52 bits per heavy atom. The summed E-state index contributed by atoms with van der Waals surface area (Å²) in [5.41, 5.74) is 2.01. The van der Waals surface area contributed by atoms with Gasteiger partial charge < -0.3 is 4.74 Å². The first-order chi connectivity index (χ1) is 11.9. The normalized spacial score (nSPS) is 10.9. The molecule has 0 heterocycles. The molecule has 0 aliphatic heterocycles. The van der Waals surface area contributed by atoms with Crippen LogP contribution in [0.4, 0.5) is 0 Å². The number of rotatable bonds is 7. The molecule has 130 valence electrons. The number of nitriles is 1. The van der Waals surface area contributed by atoms with Crippen LogP contribution < -0.4 is 4.72 Å². The number of nitrogens with one attached hydrogen (secondary N) is 1. The van der Waals surface area contributed by atoms with Gasteiger partial charge in [-0.05, 0) is 25.1 Å². The quantitative estimate of drug-likeness (QED) is 0.766. The molecule has 0 saturated heterocycles. The van der Waals surface area contributed by atoms with E-state index >= 15 is 0 Å². The number of hydrogen-bond donors (Lipinski definition) is 1. The zero-order valence-corrected chi connectivity index (χ0v) is 14.5. The van der Waals surface area contributed by atoms with Crippen LogP contribution in [0.2, 0.25) is 0 Å². The lowest BCUT2D eigenvalue weighted by Crippen LogP contribution is -2.26. The Morgan fingerprint density at radius 2 is 1.84 bits per heavy atom. The largest absolute Gasteiger partial charge is 0.461 e. The fraction of sp³-hybridized carbons (Fsp3) is 0.222. The smallest absolute Gasteiger partial charge is 0.307 e. The molecule has 25 heavy (non-hydrogen) atoms. The summed E-state index contributed by atoms with van der Waals surface area (Å²) in [6, 6.07) is 15.3. The van der Waals surface area contributed by atoms with Crippen molar-refractivity contribution in [1.82, 2.24) is 4.72 Å². The van der Waals surface area contributed by atoms with Gasteiger partial charge in [-0.1, -0.05) is 35.9 Å². The van der Waals surface area contributed by atoms with E-state index in [4.69, 9.17) is 10.00 Å². The maximum Gasteiger partial charge on any atom is 0.307 e. The van der Waals surface area contributed by atoms with Crippen molar-refractivity contribution in [2.24, 2.45) is 0 Å². The van der Waals surface area contributed by atoms with Gasteiger partial charge >= 0.3 is 5.97 Å². The van der Waals surface area contributed by atoms with Crippen LogP contribution in [-0.2, 0) is 26.2 Å². The van der Waals surface area contributed by atoms with E-state index in [0.29, 0.717) is 11.1 Å². The number of sulfonamides is 1. The van der Waals surface area contributed by atoms with Crippen LogP contribution in [0.25, 0.3) is 0 Å². The lowest BCUT2D eigenvalue weighted by molar-refractivity contribution is -0.144. The van der Waals surface area contributed by atoms with Crippen LogP contribution in [0.1, 0.15) is 23.1 Å². The second-order valence-electron chi connectivity index (χ2n) is 5.39. The van der Waals surface area contributed by atoms with Crippen molar-refractivity contribution in [2.75, 3.05) is 6.54 Å². The van der Waals surface area contributed by atoms with Gasteiger partial charge in [0.2, 0.25) is 10.0 Å². The Bertz CT molecular complexity index is 884. The average Bonchev–Trinajstić information content (AvgIpc) is 2.60. The summed E-state index contributed by atoms with van der Waals surface area (Å²) in [6.45, 7) is 1.78. The van der Waals surface area contributed by atoms with Gasteiger partial charge in [0, 0.05) is 12.1 Å². The molecule has 2 rings (SSSR count). The van der Waals surface area contributed by atoms with Crippen molar-refractivity contribution in [2.45, 2.75) is 24.8 Å². The molecule has 0 amide bonds. The molecule has 0 unspecified atom stereocenters. The maximum atomic E-state index is 12.1. The number of aryl methyl sites for hydroxylation is 1. The van der Waals surface area contributed by atoms with Gasteiger partial charge in [-0.25, -0.2) is 13.1 Å². The SMILES string of the molecule is Cc1ccc(S(=O)(=O)NCCC(=O)OCc2ccccc2C#N)cc1. The minimum Gasteiger partial charge on any atom is -0.461 e. The Kier molecular flexibility index (Phi) is 6.28. The van der Waals surface area contributed by atoms with E-state index in [0.717, 1.165) is 5.56 Å². The van der Waals surface area contributed by atoms with Crippen LogP contribution >= 0.6 is 0 Å². The Hall–Kier alpha value is -2.69. The zero-order chi connectivity index (χ0) is 18.3. The molecule has 0 saturated carbocycles. The molecule has 0 aromatic heterocycles. The number of nitrogens with zero attached hydrogens (tertiary/aromatic N) is 1. The predicted octanol–water partition coefficient (Wildman–Crippen LogP) is 2.28. The first-order valence-corrected chi connectivity index (χ1v) is 9.10. The van der Waals surface area contributed by atoms with Gasteiger partial charge in [0.1, 0.15) is 6.61 Å². The number of benzene rings is 2. The summed E-state index contributed by atoms with van der Waals surface area (Å²) in [5, 5.41) is 8.97. The second kappa shape index (κ2) is 8.42. The van der Waals surface area contributed by atoms with Crippen LogP contribution in [0.15, 0.2) is 53.4 Å². The number of carbonyl (C=O) groups excluding carboxylic acids is 1. The molecule has 0 spiro atoms. The average molecular weight is 358 g/mol. The standard InChI is InChI=1S/C18H18N2O4S/c1-14-6-8-17(9-7-14)25(22,23)20-11-10-18(21)24-13-16-5-3-2-4-15(16)12-19/h2-9,20H,10-11,13H2,1H3. The Morgan fingerprint density at radius 1 is 1.16 bits per heavy atom. The van der Waals surface area contributed by atoms with E-state index in [9.17, 15) is 13.2 Å². The zero-order valence-electron chi connectivity index (χ0n) is 13.7. The lowest BCUT2D eigenvalue weighted by atomic mass is 10.1. The highest BCUT2D eigenvalue weighted by Crippen LogP contribution is 2.11. The van der Waals surface area contributed by atoms with E-state index in [1.165, 1.54) is 12.1 Å². The van der Waals surface area contributed by atoms with Crippen molar-refractivity contribution in [3.63, 3.8) is 0 Å². The summed E-state index contributed by atoms with van der Waals surface area (Å²) >= 11 is 0. The molecule has 7 heteroatoms. The van der Waals surface area contributed by atoms with E-state index < -0.39 is 16.0 Å². The molecular weight excluding hydrogens is 340 g/mol. The van der Waals surface area contributed by atoms with Gasteiger partial charge in [-0.3, -0.25) is 4.79 Å². The monoisotopic (exact) mass is 358 g/mol. The molecule has 2 aromatic rings. The highest BCUT2D eigenvalue weighted by Gasteiger charge is 2.14. The molecular formula is C18H18N2O4S. The fourth-order valence-corrected chi connectivity index (χ4v) is 3.11. The third-order valence-corrected chi connectivity index (χ3v) is 4.96. The van der Waals surface area contributed by atoms with Crippen LogP contribution in [-0.4, -0.2) is 20.9 Å². The third-order valence-electron chi connectivity index (χ3n) is 3.48. The van der Waals surface area contributed by atoms with Crippen LogP contribution in [0, 0.1) is 18.3 Å². The predicted molar refractivity (Wildman–Crippen MR) is 91.9 cm³/mol. The number of ether oxygens (including phenoxy) is 1. The molecule has 0 fully saturated rings. The molecule has 0 aliphatic carbocycles. The van der Waals surface area contributed by atoms with Crippen molar-refractivity contribution < 1.29 is 17.9 Å². The van der Waals surface area contributed by atoms with E-state index in [1.807, 2.05) is 13.0 Å². The highest BCUT2D eigenvalue weighted by atomic mass is 32.2. The number of esters is 1. The minimum atomic E-state index is -3.65. The summed E-state index contributed by atoms with van der Waals surface area (Å²) in [6.07, 6.45) is -0.0974. The van der Waals surface area contributed by atoms with E-state index in [2.05, 4.69) is 4.72 Å². The van der Waals surface area contributed by atoms with E-state index in [-0.39, 0.29) is 24.5 Å². The van der Waals surface area contributed by atoms with Crippen LogP contribution in [0.3, 0.4) is 0 Å². The summed E-state index contributed by atoms with van der Waals surface area (Å²) in [7, 11) is -3.65. The molecule has 2 aromatic carbocycles. The first-order valence-electron chi connectivity index (χ1n) is 7.62. The maximum absolute atomic E-state index is 12.1. The summed E-state index contributed by atoms with van der Waals surface area (Å²) in [5.74, 6) is -0.542. The molecule has 0 aliphatic rings. The molecule has 0 atom stereocenters.